The Kier molecular flexibility index (Phi) is 4.63. The monoisotopic (exact) mass is 289 g/mol. The molecule has 1 fully saturated rings. The van der Waals surface area contributed by atoms with Crippen molar-refractivity contribution in [1.29, 1.82) is 0 Å². The maximum Gasteiger partial charge on any atom is 0.248 e. The third-order valence-corrected chi connectivity index (χ3v) is 4.53. The highest BCUT2D eigenvalue weighted by Gasteiger charge is 2.39. The summed E-state index contributed by atoms with van der Waals surface area (Å²) in [6, 6.07) is 6.59. The van der Waals surface area contributed by atoms with Crippen LogP contribution in [0.5, 0.6) is 0 Å². The second kappa shape index (κ2) is 6.26. The standard InChI is InChI=1S/C16H23N3O2/c1-11-6-8-16(10-17,9-7-11)15(21)19-13-4-2-12(3-5-13)14(18)20/h2-5,11H,6-10,17H2,1H3,(H2,18,20)(H,19,21). The van der Waals surface area contributed by atoms with Gasteiger partial charge >= 0.3 is 0 Å². The molecule has 1 aromatic rings. The van der Waals surface area contributed by atoms with Gasteiger partial charge in [0.25, 0.3) is 0 Å². The summed E-state index contributed by atoms with van der Waals surface area (Å²) in [5.74, 6) is 0.156. The molecular weight excluding hydrogens is 266 g/mol. The molecule has 0 spiro atoms. The number of carbonyl (C=O) groups excluding carboxylic acids is 2. The zero-order valence-electron chi connectivity index (χ0n) is 12.4. The van der Waals surface area contributed by atoms with Gasteiger partial charge in [-0.05, 0) is 55.9 Å². The lowest BCUT2D eigenvalue weighted by atomic mass is 9.70. The van der Waals surface area contributed by atoms with E-state index in [1.807, 2.05) is 0 Å². The zero-order chi connectivity index (χ0) is 15.5. The van der Waals surface area contributed by atoms with Gasteiger partial charge in [0.15, 0.2) is 0 Å². The van der Waals surface area contributed by atoms with Crippen molar-refractivity contribution in [3.63, 3.8) is 0 Å². The predicted molar refractivity (Wildman–Crippen MR) is 82.7 cm³/mol. The van der Waals surface area contributed by atoms with Gasteiger partial charge in [-0.1, -0.05) is 6.92 Å². The predicted octanol–water partition coefficient (Wildman–Crippen LogP) is 1.88. The molecule has 0 radical (unpaired) electrons. The van der Waals surface area contributed by atoms with E-state index in [2.05, 4.69) is 12.2 Å². The third kappa shape index (κ3) is 3.42. The fraction of sp³-hybridized carbons (Fsp3) is 0.500. The van der Waals surface area contributed by atoms with Crippen molar-refractivity contribution in [2.45, 2.75) is 32.6 Å². The second-order valence-electron chi connectivity index (χ2n) is 6.06. The van der Waals surface area contributed by atoms with E-state index in [0.717, 1.165) is 25.7 Å². The molecule has 1 aromatic carbocycles. The molecule has 5 N–H and O–H groups in total. The van der Waals surface area contributed by atoms with Gasteiger partial charge in [-0.15, -0.1) is 0 Å². The third-order valence-electron chi connectivity index (χ3n) is 4.53. The van der Waals surface area contributed by atoms with Crippen LogP contribution in [0.3, 0.4) is 0 Å². The number of carbonyl (C=O) groups is 2. The first kappa shape index (κ1) is 15.5. The molecule has 114 valence electrons. The zero-order valence-corrected chi connectivity index (χ0v) is 12.4. The molecule has 5 heteroatoms. The van der Waals surface area contributed by atoms with Crippen molar-refractivity contribution in [3.8, 4) is 0 Å². The fourth-order valence-electron chi connectivity index (χ4n) is 2.82. The van der Waals surface area contributed by atoms with Crippen LogP contribution in [0.1, 0.15) is 43.0 Å². The van der Waals surface area contributed by atoms with Crippen molar-refractivity contribution in [2.24, 2.45) is 22.8 Å². The van der Waals surface area contributed by atoms with Crippen molar-refractivity contribution >= 4 is 17.5 Å². The lowest BCUT2D eigenvalue weighted by molar-refractivity contribution is -0.127. The molecule has 1 saturated carbocycles. The topological polar surface area (TPSA) is 98.2 Å². The SMILES string of the molecule is CC1CCC(CN)(C(=O)Nc2ccc(C(N)=O)cc2)CC1. The molecule has 1 aliphatic carbocycles. The Balaban J connectivity index is 2.07. The van der Waals surface area contributed by atoms with Crippen LogP contribution < -0.4 is 16.8 Å². The number of nitrogens with one attached hydrogen (secondary N) is 1. The minimum Gasteiger partial charge on any atom is -0.366 e. The summed E-state index contributed by atoms with van der Waals surface area (Å²) in [6.07, 6.45) is 3.72. The minimum atomic E-state index is -0.479. The van der Waals surface area contributed by atoms with Crippen LogP contribution in [-0.4, -0.2) is 18.4 Å². The summed E-state index contributed by atoms with van der Waals surface area (Å²) in [5, 5.41) is 2.91. The molecule has 2 amide bonds. The van der Waals surface area contributed by atoms with E-state index in [1.54, 1.807) is 24.3 Å². The van der Waals surface area contributed by atoms with Gasteiger partial charge in [-0.2, -0.15) is 0 Å². The average molecular weight is 289 g/mol. The van der Waals surface area contributed by atoms with Gasteiger partial charge in [0, 0.05) is 17.8 Å². The smallest absolute Gasteiger partial charge is 0.248 e. The molecular formula is C16H23N3O2. The first-order chi connectivity index (χ1) is 9.97. The highest BCUT2D eigenvalue weighted by molar-refractivity contribution is 5.97. The van der Waals surface area contributed by atoms with E-state index < -0.39 is 11.3 Å². The second-order valence-corrected chi connectivity index (χ2v) is 6.06. The summed E-state index contributed by atoms with van der Waals surface area (Å²) in [4.78, 5) is 23.6. The number of anilines is 1. The Hall–Kier alpha value is -1.88. The summed E-state index contributed by atoms with van der Waals surface area (Å²) in [5.41, 5.74) is 11.7. The Labute approximate surface area is 125 Å². The highest BCUT2D eigenvalue weighted by atomic mass is 16.2. The Morgan fingerprint density at radius 2 is 1.81 bits per heavy atom. The van der Waals surface area contributed by atoms with E-state index in [4.69, 9.17) is 11.5 Å². The quantitative estimate of drug-likeness (QED) is 0.789. The molecule has 0 aromatic heterocycles. The first-order valence-electron chi connectivity index (χ1n) is 7.38. The van der Waals surface area contributed by atoms with Crippen LogP contribution in [0, 0.1) is 11.3 Å². The van der Waals surface area contributed by atoms with Gasteiger partial charge in [-0.3, -0.25) is 9.59 Å². The van der Waals surface area contributed by atoms with Crippen LogP contribution in [0.25, 0.3) is 0 Å². The van der Waals surface area contributed by atoms with E-state index in [0.29, 0.717) is 23.7 Å². The van der Waals surface area contributed by atoms with Gasteiger partial charge in [0.05, 0.1) is 5.41 Å². The molecule has 0 aliphatic heterocycles. The van der Waals surface area contributed by atoms with Crippen LogP contribution >= 0.6 is 0 Å². The van der Waals surface area contributed by atoms with Crippen molar-refractivity contribution in [3.05, 3.63) is 29.8 Å². The summed E-state index contributed by atoms with van der Waals surface area (Å²) in [6.45, 7) is 2.58. The van der Waals surface area contributed by atoms with E-state index in [9.17, 15) is 9.59 Å². The molecule has 0 saturated heterocycles. The van der Waals surface area contributed by atoms with Crippen molar-refractivity contribution < 1.29 is 9.59 Å². The lowest BCUT2D eigenvalue weighted by Gasteiger charge is -2.37. The molecule has 0 unspecified atom stereocenters. The summed E-state index contributed by atoms with van der Waals surface area (Å²) in [7, 11) is 0. The number of primary amides is 1. The van der Waals surface area contributed by atoms with Gasteiger partial charge < -0.3 is 16.8 Å². The molecule has 2 rings (SSSR count). The molecule has 0 heterocycles. The Bertz CT molecular complexity index is 517. The van der Waals surface area contributed by atoms with Gasteiger partial charge in [0.2, 0.25) is 11.8 Å². The van der Waals surface area contributed by atoms with Crippen LogP contribution in [0.4, 0.5) is 5.69 Å². The molecule has 0 atom stereocenters. The van der Waals surface area contributed by atoms with E-state index in [1.165, 1.54) is 0 Å². The largest absolute Gasteiger partial charge is 0.366 e. The van der Waals surface area contributed by atoms with E-state index >= 15 is 0 Å². The molecule has 21 heavy (non-hydrogen) atoms. The summed E-state index contributed by atoms with van der Waals surface area (Å²) < 4.78 is 0. The molecule has 5 nitrogen and oxygen atoms in total. The number of benzene rings is 1. The lowest BCUT2D eigenvalue weighted by Crippen LogP contribution is -2.44. The van der Waals surface area contributed by atoms with Crippen LogP contribution in [0.2, 0.25) is 0 Å². The number of amides is 2. The average Bonchev–Trinajstić information content (AvgIpc) is 2.49. The van der Waals surface area contributed by atoms with Crippen LogP contribution in [-0.2, 0) is 4.79 Å². The number of hydrogen-bond donors (Lipinski definition) is 3. The number of rotatable bonds is 4. The summed E-state index contributed by atoms with van der Waals surface area (Å²) >= 11 is 0. The van der Waals surface area contributed by atoms with E-state index in [-0.39, 0.29) is 5.91 Å². The van der Waals surface area contributed by atoms with Gasteiger partial charge in [-0.25, -0.2) is 0 Å². The van der Waals surface area contributed by atoms with Crippen LogP contribution in [0.15, 0.2) is 24.3 Å². The molecule has 1 aliphatic rings. The minimum absolute atomic E-state index is 0.0243. The van der Waals surface area contributed by atoms with Crippen molar-refractivity contribution in [1.82, 2.24) is 0 Å². The normalized spacial score (nSPS) is 25.3. The maximum absolute atomic E-state index is 12.6. The maximum atomic E-state index is 12.6. The fourth-order valence-corrected chi connectivity index (χ4v) is 2.82. The molecule has 0 bridgehead atoms. The Morgan fingerprint density at radius 1 is 1.24 bits per heavy atom. The number of nitrogens with two attached hydrogens (primary N) is 2. The highest BCUT2D eigenvalue weighted by Crippen LogP contribution is 2.39. The number of hydrogen-bond acceptors (Lipinski definition) is 3. The van der Waals surface area contributed by atoms with Crippen molar-refractivity contribution in [2.75, 3.05) is 11.9 Å². The first-order valence-corrected chi connectivity index (χ1v) is 7.38. The Morgan fingerprint density at radius 3 is 2.29 bits per heavy atom. The van der Waals surface area contributed by atoms with Gasteiger partial charge in [0.1, 0.15) is 0 Å².